The summed E-state index contributed by atoms with van der Waals surface area (Å²) in [7, 11) is 2.16. The number of nitrogens with zero attached hydrogens (tertiary/aromatic N) is 4. The van der Waals surface area contributed by atoms with Crippen molar-refractivity contribution in [1.29, 1.82) is 0 Å². The van der Waals surface area contributed by atoms with Gasteiger partial charge in [-0.05, 0) is 57.5 Å². The van der Waals surface area contributed by atoms with Crippen molar-refractivity contribution in [3.63, 3.8) is 0 Å². The molecule has 0 aliphatic carbocycles. The molecule has 0 bridgehead atoms. The van der Waals surface area contributed by atoms with Gasteiger partial charge in [0, 0.05) is 12.6 Å². The molecule has 1 fully saturated rings. The highest BCUT2D eigenvalue weighted by Crippen LogP contribution is 2.31. The Balaban J connectivity index is 0.000000706. The minimum atomic E-state index is -1.75. The lowest BCUT2D eigenvalue weighted by molar-refractivity contribution is 0.261. The number of alkyl halides is 2. The molecule has 3 aromatic rings. The lowest BCUT2D eigenvalue weighted by atomic mass is 10.1. The van der Waals surface area contributed by atoms with Crippen LogP contribution in [0, 0.1) is 13.8 Å². The summed E-state index contributed by atoms with van der Waals surface area (Å²) in [4.78, 5) is 6.98. The van der Waals surface area contributed by atoms with E-state index in [9.17, 15) is 13.9 Å². The molecule has 0 amide bonds. The fourth-order valence-electron chi connectivity index (χ4n) is 3.59. The number of halogens is 2. The number of aryl methyl sites for hydroxylation is 2. The maximum absolute atomic E-state index is 10.3. The number of phenols is 1. The van der Waals surface area contributed by atoms with Crippen molar-refractivity contribution in [1.82, 2.24) is 19.7 Å². The number of likely N-dealkylation sites (tertiary alicyclic amines) is 1. The summed E-state index contributed by atoms with van der Waals surface area (Å²) < 4.78 is 22.0. The number of aromatic hydroxyl groups is 1. The minimum Gasteiger partial charge on any atom is -0.506 e. The third-order valence-corrected chi connectivity index (χ3v) is 5.59. The van der Waals surface area contributed by atoms with E-state index in [0.29, 0.717) is 6.04 Å². The zero-order valence-corrected chi connectivity index (χ0v) is 17.1. The molecule has 152 valence electrons. The van der Waals surface area contributed by atoms with Crippen molar-refractivity contribution in [2.75, 3.05) is 32.4 Å². The molecule has 0 radical (unpaired) electrons. The fraction of sp³-hybridized carbons (Fsp3) is 0.474. The van der Waals surface area contributed by atoms with Gasteiger partial charge in [-0.3, -0.25) is 0 Å². The summed E-state index contributed by atoms with van der Waals surface area (Å²) in [5, 5.41) is 19.3. The van der Waals surface area contributed by atoms with Gasteiger partial charge in [0.15, 0.2) is 10.8 Å². The quantitative estimate of drug-likeness (QED) is 0.679. The first-order chi connectivity index (χ1) is 13.4. The number of hydrogen-bond acceptors (Lipinski definition) is 6. The Kier molecular flexibility index (Phi) is 6.46. The van der Waals surface area contributed by atoms with Crippen molar-refractivity contribution in [3.8, 4) is 11.4 Å². The molecule has 9 heteroatoms. The molecule has 2 N–H and O–H groups in total. The largest absolute Gasteiger partial charge is 0.506 e. The van der Waals surface area contributed by atoms with E-state index in [1.165, 1.54) is 19.4 Å². The standard InChI is InChI=1S/C18H23N5OS.CH2F2/c1-11-7-12(2)16(14(24)8-11)23-10-15-17(21-23)20-18(25-15)19-13-5-4-6-22(3)9-13;2-1-3/h7-8,10,13,24H,4-6,9H2,1-3H3,(H,19,20,21);1H2. The average molecular weight is 410 g/mol. The van der Waals surface area contributed by atoms with Crippen LogP contribution in [0.5, 0.6) is 5.75 Å². The van der Waals surface area contributed by atoms with Gasteiger partial charge in [0.2, 0.25) is 6.93 Å². The highest BCUT2D eigenvalue weighted by atomic mass is 32.1. The molecule has 1 saturated heterocycles. The summed E-state index contributed by atoms with van der Waals surface area (Å²) in [5.41, 5.74) is 3.47. The smallest absolute Gasteiger partial charge is 0.229 e. The van der Waals surface area contributed by atoms with E-state index >= 15 is 0 Å². The third-order valence-electron chi connectivity index (χ3n) is 4.68. The molecule has 1 unspecified atom stereocenters. The summed E-state index contributed by atoms with van der Waals surface area (Å²) >= 11 is 1.62. The van der Waals surface area contributed by atoms with Crippen molar-refractivity contribution < 1.29 is 13.9 Å². The highest BCUT2D eigenvalue weighted by molar-refractivity contribution is 7.22. The van der Waals surface area contributed by atoms with Gasteiger partial charge in [-0.25, -0.2) is 13.5 Å². The number of anilines is 1. The molecular formula is C19H25F2N5OS. The van der Waals surface area contributed by atoms with E-state index in [4.69, 9.17) is 0 Å². The number of benzene rings is 1. The summed E-state index contributed by atoms with van der Waals surface area (Å²) in [5.74, 6) is 0.247. The Hall–Kier alpha value is -2.26. The third kappa shape index (κ3) is 4.59. The van der Waals surface area contributed by atoms with Crippen LogP contribution in [0.1, 0.15) is 24.0 Å². The maximum atomic E-state index is 10.3. The predicted octanol–water partition coefficient (Wildman–Crippen LogP) is 4.19. The number of nitrogens with one attached hydrogen (secondary N) is 1. The molecule has 1 aliphatic rings. The number of likely N-dealkylation sites (N-methyl/N-ethyl adjacent to an activating group) is 1. The number of hydrogen-bond donors (Lipinski definition) is 2. The Morgan fingerprint density at radius 2 is 2.07 bits per heavy atom. The molecular weight excluding hydrogens is 384 g/mol. The van der Waals surface area contributed by atoms with Gasteiger partial charge >= 0.3 is 0 Å². The van der Waals surface area contributed by atoms with E-state index in [1.54, 1.807) is 22.1 Å². The van der Waals surface area contributed by atoms with Crippen molar-refractivity contribution in [2.45, 2.75) is 32.7 Å². The molecule has 3 heterocycles. The van der Waals surface area contributed by atoms with E-state index in [0.717, 1.165) is 38.8 Å². The predicted molar refractivity (Wildman–Crippen MR) is 109 cm³/mol. The summed E-state index contributed by atoms with van der Waals surface area (Å²) in [6, 6.07) is 4.26. The number of fused-ring (bicyclic) bond motifs is 1. The van der Waals surface area contributed by atoms with Crippen LogP contribution in [0.3, 0.4) is 0 Å². The van der Waals surface area contributed by atoms with E-state index in [1.807, 2.05) is 26.1 Å². The van der Waals surface area contributed by atoms with Gasteiger partial charge in [0.05, 0.1) is 10.9 Å². The van der Waals surface area contributed by atoms with Gasteiger partial charge in [-0.1, -0.05) is 17.4 Å². The zero-order chi connectivity index (χ0) is 20.3. The van der Waals surface area contributed by atoms with Crippen LogP contribution in [0.15, 0.2) is 18.3 Å². The second-order valence-corrected chi connectivity index (χ2v) is 8.11. The fourth-order valence-corrected chi connectivity index (χ4v) is 4.49. The van der Waals surface area contributed by atoms with Crippen molar-refractivity contribution in [2.24, 2.45) is 0 Å². The SMILES string of the molecule is Cc1cc(C)c(-n2cc3sc(NC4CCCN(C)C4)nc3n2)c(O)c1.FCF. The van der Waals surface area contributed by atoms with E-state index in [-0.39, 0.29) is 5.75 Å². The molecule has 1 aromatic carbocycles. The molecule has 1 aliphatic heterocycles. The Morgan fingerprint density at radius 1 is 1.32 bits per heavy atom. The van der Waals surface area contributed by atoms with Crippen LogP contribution in [-0.4, -0.2) is 57.9 Å². The van der Waals surface area contributed by atoms with Crippen LogP contribution >= 0.6 is 11.3 Å². The van der Waals surface area contributed by atoms with E-state index in [2.05, 4.69) is 27.3 Å². The molecule has 0 saturated carbocycles. The number of aromatic nitrogens is 3. The Bertz CT molecular complexity index is 887. The molecule has 28 heavy (non-hydrogen) atoms. The summed E-state index contributed by atoms with van der Waals surface area (Å²) in [6.07, 6.45) is 4.34. The number of piperidine rings is 1. The molecule has 4 rings (SSSR count). The monoisotopic (exact) mass is 409 g/mol. The van der Waals surface area contributed by atoms with Gasteiger partial charge < -0.3 is 15.3 Å². The van der Waals surface area contributed by atoms with Gasteiger partial charge in [0.25, 0.3) is 0 Å². The second kappa shape index (κ2) is 8.83. The Morgan fingerprint density at radius 3 is 2.71 bits per heavy atom. The van der Waals surface area contributed by atoms with Crippen LogP contribution in [-0.2, 0) is 0 Å². The molecule has 6 nitrogen and oxygen atoms in total. The first-order valence-corrected chi connectivity index (χ1v) is 9.96. The first kappa shape index (κ1) is 20.5. The molecule has 0 spiro atoms. The second-order valence-electron chi connectivity index (χ2n) is 7.08. The number of rotatable bonds is 3. The van der Waals surface area contributed by atoms with Crippen molar-refractivity contribution in [3.05, 3.63) is 29.5 Å². The maximum Gasteiger partial charge on any atom is 0.229 e. The molecule has 1 atom stereocenters. The zero-order valence-electron chi connectivity index (χ0n) is 16.2. The first-order valence-electron chi connectivity index (χ1n) is 9.15. The highest BCUT2D eigenvalue weighted by Gasteiger charge is 2.19. The lowest BCUT2D eigenvalue weighted by Crippen LogP contribution is -2.39. The van der Waals surface area contributed by atoms with Gasteiger partial charge in [0.1, 0.15) is 11.4 Å². The topological polar surface area (TPSA) is 66.2 Å². The number of thiazole rings is 1. The van der Waals surface area contributed by atoms with Crippen LogP contribution in [0.2, 0.25) is 0 Å². The average Bonchev–Trinajstić information content (AvgIpc) is 3.13. The summed E-state index contributed by atoms with van der Waals surface area (Å²) in [6.45, 7) is 4.43. The van der Waals surface area contributed by atoms with Gasteiger partial charge in [-0.15, -0.1) is 5.10 Å². The van der Waals surface area contributed by atoms with Crippen molar-refractivity contribution >= 4 is 26.8 Å². The van der Waals surface area contributed by atoms with Crippen LogP contribution < -0.4 is 5.32 Å². The lowest BCUT2D eigenvalue weighted by Gasteiger charge is -2.29. The van der Waals surface area contributed by atoms with Gasteiger partial charge in [-0.2, -0.15) is 4.98 Å². The van der Waals surface area contributed by atoms with Crippen LogP contribution in [0.4, 0.5) is 13.9 Å². The normalized spacial score (nSPS) is 17.4. The minimum absolute atomic E-state index is 0.247. The van der Waals surface area contributed by atoms with E-state index < -0.39 is 6.93 Å². The van der Waals surface area contributed by atoms with Crippen LogP contribution in [0.25, 0.3) is 16.0 Å². The molecule has 2 aromatic heterocycles. The number of phenolic OH excluding ortho intramolecular Hbond substituents is 1. The Labute approximate surface area is 166 Å².